The van der Waals surface area contributed by atoms with E-state index in [1.807, 2.05) is 39.0 Å². The zero-order chi connectivity index (χ0) is 21.5. The Morgan fingerprint density at radius 3 is 2.77 bits per heavy atom. The molecule has 1 unspecified atom stereocenters. The van der Waals surface area contributed by atoms with Crippen molar-refractivity contribution < 1.29 is 19.4 Å². The van der Waals surface area contributed by atoms with Crippen molar-refractivity contribution in [1.82, 2.24) is 5.53 Å². The normalized spacial score (nSPS) is 22.0. The average Bonchev–Trinajstić information content (AvgIpc) is 2.83. The van der Waals surface area contributed by atoms with Crippen LogP contribution >= 0.6 is 0 Å². The fourth-order valence-corrected chi connectivity index (χ4v) is 3.99. The SMILES string of the molecule is CC(C)(C)OC(=O)C1(C2=NNN=CC=C2)C=CC2=C(Cc3ccc(C(=O)O)cc32)C1. The van der Waals surface area contributed by atoms with Crippen molar-refractivity contribution in [3.63, 3.8) is 0 Å². The van der Waals surface area contributed by atoms with E-state index in [0.717, 1.165) is 22.3 Å². The quantitative estimate of drug-likeness (QED) is 0.750. The van der Waals surface area contributed by atoms with Crippen LogP contribution in [-0.4, -0.2) is 34.6 Å². The molecule has 30 heavy (non-hydrogen) atoms. The summed E-state index contributed by atoms with van der Waals surface area (Å²) in [6.45, 7) is 5.50. The summed E-state index contributed by atoms with van der Waals surface area (Å²) in [5, 5.41) is 17.5. The molecule has 3 aliphatic rings. The Labute approximate surface area is 174 Å². The van der Waals surface area contributed by atoms with E-state index >= 15 is 0 Å². The molecule has 1 aromatic rings. The number of nitrogens with zero attached hydrogens (tertiary/aromatic N) is 2. The van der Waals surface area contributed by atoms with Gasteiger partial charge in [0.2, 0.25) is 0 Å². The first kappa shape index (κ1) is 19.8. The van der Waals surface area contributed by atoms with Crippen molar-refractivity contribution in [3.8, 4) is 0 Å². The van der Waals surface area contributed by atoms with Crippen LogP contribution in [0.2, 0.25) is 0 Å². The maximum atomic E-state index is 13.4. The summed E-state index contributed by atoms with van der Waals surface area (Å²) in [4.78, 5) is 24.8. The Bertz CT molecular complexity index is 1090. The first-order valence-corrected chi connectivity index (χ1v) is 9.74. The van der Waals surface area contributed by atoms with Crippen LogP contribution in [0, 0.1) is 5.41 Å². The lowest BCUT2D eigenvalue weighted by molar-refractivity contribution is -0.161. The van der Waals surface area contributed by atoms with Crippen molar-refractivity contribution >= 4 is 29.4 Å². The van der Waals surface area contributed by atoms with Crippen molar-refractivity contribution in [1.29, 1.82) is 0 Å². The van der Waals surface area contributed by atoms with Crippen LogP contribution in [0.3, 0.4) is 0 Å². The van der Waals surface area contributed by atoms with Crippen molar-refractivity contribution in [3.05, 3.63) is 64.8 Å². The van der Waals surface area contributed by atoms with Gasteiger partial charge in [-0.1, -0.05) is 23.8 Å². The van der Waals surface area contributed by atoms with E-state index in [-0.39, 0.29) is 11.5 Å². The van der Waals surface area contributed by atoms with E-state index in [2.05, 4.69) is 15.7 Å². The number of carboxylic acids is 1. The summed E-state index contributed by atoms with van der Waals surface area (Å²) >= 11 is 0. The molecular formula is C23H23N3O4. The highest BCUT2D eigenvalue weighted by Crippen LogP contribution is 2.46. The number of hydrogen-bond acceptors (Lipinski definition) is 6. The van der Waals surface area contributed by atoms with Gasteiger partial charge in [-0.2, -0.15) is 15.7 Å². The van der Waals surface area contributed by atoms with Gasteiger partial charge in [-0.05, 0) is 74.6 Å². The Morgan fingerprint density at radius 1 is 1.23 bits per heavy atom. The van der Waals surface area contributed by atoms with Gasteiger partial charge in [0.15, 0.2) is 0 Å². The number of nitrogens with one attached hydrogen (secondary N) is 1. The summed E-state index contributed by atoms with van der Waals surface area (Å²) < 4.78 is 5.78. The predicted molar refractivity (Wildman–Crippen MR) is 114 cm³/mol. The van der Waals surface area contributed by atoms with Crippen molar-refractivity contribution in [2.24, 2.45) is 15.6 Å². The van der Waals surface area contributed by atoms with E-state index in [1.165, 1.54) is 0 Å². The van der Waals surface area contributed by atoms with Gasteiger partial charge in [-0.3, -0.25) is 4.79 Å². The number of fused-ring (bicyclic) bond motifs is 2. The predicted octanol–water partition coefficient (Wildman–Crippen LogP) is 3.48. The Kier molecular flexibility index (Phi) is 4.68. The molecule has 0 amide bonds. The van der Waals surface area contributed by atoms with E-state index < -0.39 is 17.0 Å². The third-order valence-corrected chi connectivity index (χ3v) is 5.32. The van der Waals surface area contributed by atoms with Crippen LogP contribution in [0.25, 0.3) is 5.57 Å². The number of carboxylic acid groups (broad SMARTS) is 1. The molecule has 7 heteroatoms. The smallest absolute Gasteiger partial charge is 0.335 e. The highest BCUT2D eigenvalue weighted by Gasteiger charge is 2.47. The second-order valence-corrected chi connectivity index (χ2v) is 8.59. The van der Waals surface area contributed by atoms with E-state index in [1.54, 1.807) is 30.5 Å². The van der Waals surface area contributed by atoms with Crippen LogP contribution in [0.4, 0.5) is 0 Å². The first-order valence-electron chi connectivity index (χ1n) is 9.74. The minimum absolute atomic E-state index is 0.248. The van der Waals surface area contributed by atoms with Crippen molar-refractivity contribution in [2.45, 2.75) is 39.2 Å². The number of hydrazone groups is 2. The molecule has 1 atom stereocenters. The number of carbonyl (C=O) groups is 2. The molecule has 0 saturated carbocycles. The highest BCUT2D eigenvalue weighted by atomic mass is 16.6. The standard InChI is InChI=1S/C23H23N3O4/c1-22(2,3)30-21(29)23(19-5-4-10-24-26-25-19)9-8-17-16(13-23)11-14-6-7-15(20(27)28)12-18(14)17/h4-10,12,26H,11,13H2,1-3H3,(H,27,28). The summed E-state index contributed by atoms with van der Waals surface area (Å²) in [6.07, 6.45) is 9.81. The second kappa shape index (κ2) is 7.09. The molecule has 4 rings (SSSR count). The number of rotatable bonds is 3. The highest BCUT2D eigenvalue weighted by molar-refractivity contribution is 6.16. The average molecular weight is 405 g/mol. The maximum Gasteiger partial charge on any atom is 0.335 e. The van der Waals surface area contributed by atoms with E-state index in [9.17, 15) is 14.7 Å². The Hall–Kier alpha value is -3.48. The zero-order valence-electron chi connectivity index (χ0n) is 17.1. The Morgan fingerprint density at radius 2 is 2.03 bits per heavy atom. The van der Waals surface area contributed by atoms with Gasteiger partial charge >= 0.3 is 11.9 Å². The van der Waals surface area contributed by atoms with Gasteiger partial charge in [0.05, 0.1) is 11.3 Å². The van der Waals surface area contributed by atoms with Crippen LogP contribution in [0.5, 0.6) is 0 Å². The minimum Gasteiger partial charge on any atom is -0.478 e. The monoisotopic (exact) mass is 405 g/mol. The third kappa shape index (κ3) is 3.47. The molecule has 0 bridgehead atoms. The van der Waals surface area contributed by atoms with Gasteiger partial charge in [0, 0.05) is 6.21 Å². The fraction of sp³-hybridized carbons (Fsp3) is 0.304. The number of hydrogen-bond donors (Lipinski definition) is 2. The lowest BCUT2D eigenvalue weighted by atomic mass is 9.72. The lowest BCUT2D eigenvalue weighted by Crippen LogP contribution is -2.43. The number of esters is 1. The molecular weight excluding hydrogens is 382 g/mol. The molecule has 2 aliphatic carbocycles. The molecule has 1 aliphatic heterocycles. The topological polar surface area (TPSA) is 100 Å². The minimum atomic E-state index is -1.10. The summed E-state index contributed by atoms with van der Waals surface area (Å²) in [7, 11) is 0. The molecule has 0 saturated heterocycles. The van der Waals surface area contributed by atoms with Gasteiger partial charge in [-0.15, -0.1) is 0 Å². The number of aromatic carboxylic acids is 1. The Balaban J connectivity index is 1.75. The van der Waals surface area contributed by atoms with Gasteiger partial charge < -0.3 is 9.84 Å². The number of benzene rings is 1. The summed E-state index contributed by atoms with van der Waals surface area (Å²) in [5.74, 6) is -1.34. The van der Waals surface area contributed by atoms with Crippen LogP contribution < -0.4 is 5.53 Å². The molecule has 1 heterocycles. The van der Waals surface area contributed by atoms with Crippen LogP contribution in [-0.2, 0) is 16.0 Å². The van der Waals surface area contributed by atoms with Gasteiger partial charge in [0.1, 0.15) is 11.0 Å². The van der Waals surface area contributed by atoms with Gasteiger partial charge in [-0.25, -0.2) is 4.79 Å². The number of allylic oxidation sites excluding steroid dienone is 5. The van der Waals surface area contributed by atoms with Crippen LogP contribution in [0.1, 0.15) is 48.7 Å². The summed E-state index contributed by atoms with van der Waals surface area (Å²) in [5.41, 5.74) is 5.59. The number of carbonyl (C=O) groups excluding carboxylic acids is 1. The second-order valence-electron chi connectivity index (χ2n) is 8.59. The molecule has 7 nitrogen and oxygen atoms in total. The molecule has 0 aromatic heterocycles. The zero-order valence-corrected chi connectivity index (χ0v) is 17.1. The molecule has 1 aromatic carbocycles. The van der Waals surface area contributed by atoms with Gasteiger partial charge in [0.25, 0.3) is 0 Å². The van der Waals surface area contributed by atoms with Crippen LogP contribution in [0.15, 0.2) is 58.3 Å². The molecule has 154 valence electrons. The van der Waals surface area contributed by atoms with Crippen molar-refractivity contribution in [2.75, 3.05) is 0 Å². The van der Waals surface area contributed by atoms with E-state index in [0.29, 0.717) is 18.6 Å². The maximum absolute atomic E-state index is 13.4. The van der Waals surface area contributed by atoms with E-state index in [4.69, 9.17) is 4.74 Å². The fourth-order valence-electron chi connectivity index (χ4n) is 3.99. The number of ether oxygens (including phenoxy) is 1. The molecule has 0 radical (unpaired) electrons. The largest absolute Gasteiger partial charge is 0.478 e. The molecule has 0 fully saturated rings. The summed E-state index contributed by atoms with van der Waals surface area (Å²) in [6, 6.07) is 5.16. The lowest BCUT2D eigenvalue weighted by Gasteiger charge is -2.34. The molecule has 0 spiro atoms. The third-order valence-electron chi connectivity index (χ3n) is 5.32. The molecule has 2 N–H and O–H groups in total. The first-order chi connectivity index (χ1) is 14.2.